The van der Waals surface area contributed by atoms with E-state index < -0.39 is 11.6 Å². The van der Waals surface area contributed by atoms with E-state index in [0.29, 0.717) is 9.36 Å². The molecule has 0 saturated heterocycles. The number of aliphatic hydroxyl groups is 1. The number of carbonyl (C=O) groups is 1. The summed E-state index contributed by atoms with van der Waals surface area (Å²) >= 11 is 15.8. The van der Waals surface area contributed by atoms with Gasteiger partial charge in [-0.3, -0.25) is 4.79 Å². The first-order valence-corrected chi connectivity index (χ1v) is 16.4. The Morgan fingerprint density at radius 2 is 1.90 bits per heavy atom. The van der Waals surface area contributed by atoms with Gasteiger partial charge in [-0.05, 0) is 90.5 Å². The molecule has 41 heavy (non-hydrogen) atoms. The van der Waals surface area contributed by atoms with E-state index in [1.807, 2.05) is 62.0 Å². The fraction of sp³-hybridized carbons (Fsp3) is 0.333. The highest BCUT2D eigenvalue weighted by molar-refractivity contribution is 7.99. The zero-order valence-corrected chi connectivity index (χ0v) is 26.2. The van der Waals surface area contributed by atoms with Crippen molar-refractivity contribution in [2.45, 2.75) is 51.0 Å². The lowest BCUT2D eigenvalue weighted by atomic mass is 9.81. The Hall–Kier alpha value is -2.35. The smallest absolute Gasteiger partial charge is 0.303 e. The molecule has 8 heteroatoms. The third kappa shape index (κ3) is 7.36. The van der Waals surface area contributed by atoms with Crippen LogP contribution in [-0.2, 0) is 10.4 Å². The molecule has 1 aliphatic carbocycles. The largest absolute Gasteiger partial charge is 0.481 e. The van der Waals surface area contributed by atoms with Gasteiger partial charge in [0.05, 0.1) is 27.4 Å². The number of aliphatic carboxylic acids is 1. The van der Waals surface area contributed by atoms with E-state index in [4.69, 9.17) is 23.2 Å². The molecule has 2 aromatic heterocycles. The number of hydrogen-bond acceptors (Lipinski definition) is 5. The second kappa shape index (κ2) is 12.5. The number of aromatic nitrogens is 1. The van der Waals surface area contributed by atoms with Crippen LogP contribution in [0.3, 0.4) is 0 Å². The first kappa shape index (κ1) is 30.1. The highest BCUT2D eigenvalue weighted by Crippen LogP contribution is 2.51. The fourth-order valence-corrected chi connectivity index (χ4v) is 8.09. The molecule has 0 spiro atoms. The Morgan fingerprint density at radius 3 is 2.63 bits per heavy atom. The minimum atomic E-state index is -0.977. The number of fused-ring (bicyclic) bond motifs is 1. The lowest BCUT2D eigenvalue weighted by Crippen LogP contribution is -2.20. The van der Waals surface area contributed by atoms with Crippen molar-refractivity contribution in [2.24, 2.45) is 5.41 Å². The summed E-state index contributed by atoms with van der Waals surface area (Å²) in [5.41, 5.74) is 4.77. The Morgan fingerprint density at radius 1 is 1.12 bits per heavy atom. The van der Waals surface area contributed by atoms with Gasteiger partial charge in [-0.25, -0.2) is 4.98 Å². The van der Waals surface area contributed by atoms with Crippen LogP contribution in [-0.4, -0.2) is 32.7 Å². The highest BCUT2D eigenvalue weighted by Gasteiger charge is 2.44. The molecule has 0 radical (unpaired) electrons. The van der Waals surface area contributed by atoms with Crippen LogP contribution in [0.5, 0.6) is 0 Å². The van der Waals surface area contributed by atoms with Gasteiger partial charge >= 0.3 is 5.97 Å². The standard InChI is InChI=1S/C33H33Cl2NO3S2/c1-32(2,39)26-9-4-3-8-25(26)24(14-17-40-20-33(15-16-33)19-28(37)38)22-7-5-6-21(18-22)10-11-23-12-13-27-30(36-23)29(34)31(35)41-27/h3-13,18,24,39H,14-17,19-20H2,1-2H3,(H,37,38)/b11-10+/t24-/m1/s1. The van der Waals surface area contributed by atoms with Gasteiger partial charge in [0.1, 0.15) is 9.85 Å². The van der Waals surface area contributed by atoms with E-state index in [1.165, 1.54) is 16.9 Å². The molecule has 1 atom stereocenters. The number of halogens is 2. The van der Waals surface area contributed by atoms with Crippen molar-refractivity contribution in [3.05, 3.63) is 98.0 Å². The molecule has 1 fully saturated rings. The van der Waals surface area contributed by atoms with Crippen molar-refractivity contribution in [1.29, 1.82) is 0 Å². The number of rotatable bonds is 12. The summed E-state index contributed by atoms with van der Waals surface area (Å²) < 4.78 is 1.51. The summed E-state index contributed by atoms with van der Waals surface area (Å²) in [6, 6.07) is 20.6. The predicted octanol–water partition coefficient (Wildman–Crippen LogP) is 9.51. The number of hydrogen-bond donors (Lipinski definition) is 2. The average molecular weight is 627 g/mol. The molecule has 2 N–H and O–H groups in total. The maximum atomic E-state index is 11.3. The average Bonchev–Trinajstić information content (AvgIpc) is 3.63. The minimum absolute atomic E-state index is 0.0304. The van der Waals surface area contributed by atoms with E-state index in [2.05, 4.69) is 41.4 Å². The van der Waals surface area contributed by atoms with Gasteiger partial charge in [-0.2, -0.15) is 11.8 Å². The number of benzene rings is 2. The van der Waals surface area contributed by atoms with E-state index in [9.17, 15) is 15.0 Å². The number of thiophene rings is 1. The van der Waals surface area contributed by atoms with E-state index >= 15 is 0 Å². The minimum Gasteiger partial charge on any atom is -0.481 e. The molecule has 214 valence electrons. The molecule has 5 rings (SSSR count). The molecule has 4 aromatic rings. The number of pyridine rings is 1. The number of nitrogens with zero attached hydrogens (tertiary/aromatic N) is 1. The summed E-state index contributed by atoms with van der Waals surface area (Å²) in [6.45, 7) is 3.66. The molecule has 1 aliphatic rings. The second-order valence-corrected chi connectivity index (χ2v) is 14.5. The maximum absolute atomic E-state index is 11.3. The molecule has 0 aliphatic heterocycles. The summed E-state index contributed by atoms with van der Waals surface area (Å²) in [5, 5.41) is 20.8. The highest BCUT2D eigenvalue weighted by atomic mass is 35.5. The molecule has 0 amide bonds. The van der Waals surface area contributed by atoms with Gasteiger partial charge in [-0.15, -0.1) is 11.3 Å². The number of carboxylic acid groups (broad SMARTS) is 1. The molecule has 4 nitrogen and oxygen atoms in total. The van der Waals surface area contributed by atoms with Crippen molar-refractivity contribution in [2.75, 3.05) is 11.5 Å². The van der Waals surface area contributed by atoms with E-state index in [-0.39, 0.29) is 17.8 Å². The van der Waals surface area contributed by atoms with Gasteiger partial charge in [0.15, 0.2) is 0 Å². The molecule has 1 saturated carbocycles. The first-order chi connectivity index (χ1) is 19.5. The van der Waals surface area contributed by atoms with Crippen molar-refractivity contribution < 1.29 is 15.0 Å². The summed E-state index contributed by atoms with van der Waals surface area (Å²) in [6.07, 6.45) is 7.16. The van der Waals surface area contributed by atoms with Gasteiger partial charge in [-0.1, -0.05) is 77.8 Å². The predicted molar refractivity (Wildman–Crippen MR) is 174 cm³/mol. The Balaban J connectivity index is 1.40. The monoisotopic (exact) mass is 625 g/mol. The van der Waals surface area contributed by atoms with Crippen molar-refractivity contribution >= 4 is 74.6 Å². The van der Waals surface area contributed by atoms with Gasteiger partial charge in [0.2, 0.25) is 0 Å². The molecular formula is C33H33Cl2NO3S2. The van der Waals surface area contributed by atoms with Gasteiger partial charge < -0.3 is 10.2 Å². The quantitative estimate of drug-likeness (QED) is 0.153. The van der Waals surface area contributed by atoms with Crippen molar-refractivity contribution in [1.82, 2.24) is 4.98 Å². The third-order valence-electron chi connectivity index (χ3n) is 7.66. The summed E-state index contributed by atoms with van der Waals surface area (Å²) in [4.78, 5) is 16.0. The van der Waals surface area contributed by atoms with Crippen LogP contribution in [0, 0.1) is 5.41 Å². The molecule has 2 heterocycles. The molecule has 0 unspecified atom stereocenters. The number of thioether (sulfide) groups is 1. The van der Waals surface area contributed by atoms with Crippen LogP contribution >= 0.6 is 46.3 Å². The number of carboxylic acids is 1. The summed E-state index contributed by atoms with van der Waals surface area (Å²) in [5.74, 6) is 1.15. The van der Waals surface area contributed by atoms with E-state index in [0.717, 1.165) is 63.4 Å². The van der Waals surface area contributed by atoms with Crippen LogP contribution in [0.25, 0.3) is 22.4 Å². The van der Waals surface area contributed by atoms with Gasteiger partial charge in [0, 0.05) is 5.92 Å². The van der Waals surface area contributed by atoms with Crippen LogP contribution in [0.15, 0.2) is 60.7 Å². The molecule has 0 bridgehead atoms. The van der Waals surface area contributed by atoms with Crippen molar-refractivity contribution in [3.8, 4) is 0 Å². The Bertz CT molecular complexity index is 1590. The SMILES string of the molecule is CC(C)(O)c1ccccc1[C@H](CCSCC1(CC(=O)O)CC1)c1cccc(/C=C/c2ccc3sc(Cl)c(Cl)c3n2)c1. The van der Waals surface area contributed by atoms with E-state index in [1.54, 1.807) is 0 Å². The lowest BCUT2D eigenvalue weighted by molar-refractivity contribution is -0.138. The fourth-order valence-electron chi connectivity index (χ4n) is 5.31. The maximum Gasteiger partial charge on any atom is 0.303 e. The van der Waals surface area contributed by atoms with Crippen molar-refractivity contribution in [3.63, 3.8) is 0 Å². The zero-order chi connectivity index (χ0) is 29.2. The first-order valence-electron chi connectivity index (χ1n) is 13.7. The second-order valence-electron chi connectivity index (χ2n) is 11.4. The van der Waals surface area contributed by atoms with Crippen LogP contribution < -0.4 is 0 Å². The van der Waals surface area contributed by atoms with Crippen LogP contribution in [0.1, 0.15) is 73.4 Å². The molecule has 2 aromatic carbocycles. The van der Waals surface area contributed by atoms with Gasteiger partial charge in [0.25, 0.3) is 0 Å². The molecular weight excluding hydrogens is 593 g/mol. The van der Waals surface area contributed by atoms with Crippen LogP contribution in [0.2, 0.25) is 9.36 Å². The van der Waals surface area contributed by atoms with Crippen LogP contribution in [0.4, 0.5) is 0 Å². The Kier molecular flexibility index (Phi) is 9.17. The Labute approximate surface area is 259 Å². The normalized spacial score (nSPS) is 15.4. The lowest BCUT2D eigenvalue weighted by Gasteiger charge is -2.27. The zero-order valence-electron chi connectivity index (χ0n) is 23.1. The topological polar surface area (TPSA) is 70.4 Å². The summed E-state index contributed by atoms with van der Waals surface area (Å²) in [7, 11) is 0. The third-order valence-corrected chi connectivity index (χ3v) is 10.9.